The van der Waals surface area contributed by atoms with Crippen molar-refractivity contribution >= 4 is 95.0 Å². The molecule has 4 fully saturated rings. The van der Waals surface area contributed by atoms with Gasteiger partial charge in [-0.1, -0.05) is 118 Å². The van der Waals surface area contributed by atoms with E-state index >= 15 is 0 Å². The number of Topliss-reactive ketones (excluding diaryl/α,β-unsaturated/α-hetero) is 1. The number of aliphatic hydroxyl groups is 1. The van der Waals surface area contributed by atoms with Gasteiger partial charge in [0.1, 0.15) is 17.8 Å². The third kappa shape index (κ3) is 23.0. The third-order valence-corrected chi connectivity index (χ3v) is 27.6. The van der Waals surface area contributed by atoms with E-state index in [2.05, 4.69) is 66.4 Å². The molecule has 109 heavy (non-hydrogen) atoms. The number of morpholine rings is 1. The molecule has 0 radical (unpaired) electrons. The van der Waals surface area contributed by atoms with Crippen molar-refractivity contribution in [3.05, 3.63) is 165 Å². The summed E-state index contributed by atoms with van der Waals surface area (Å²) in [5.74, 6) is -1.36. The van der Waals surface area contributed by atoms with Gasteiger partial charge in [-0.2, -0.15) is 0 Å². The number of sulfone groups is 2. The van der Waals surface area contributed by atoms with Crippen LogP contribution in [0, 0.1) is 23.7 Å². The van der Waals surface area contributed by atoms with Gasteiger partial charge in [0.2, 0.25) is 23.6 Å². The van der Waals surface area contributed by atoms with Gasteiger partial charge in [-0.3, -0.25) is 38.7 Å². The van der Waals surface area contributed by atoms with Crippen LogP contribution in [0.2, 0.25) is 5.02 Å². The van der Waals surface area contributed by atoms with E-state index < -0.39 is 60.7 Å². The van der Waals surface area contributed by atoms with Crippen molar-refractivity contribution in [1.29, 1.82) is 0 Å². The number of aryl methyl sites for hydroxylation is 1. The number of allylic oxidation sites excluding steroid dienone is 1. The van der Waals surface area contributed by atoms with Gasteiger partial charge in [0.25, 0.3) is 0 Å². The molecule has 5 heterocycles. The molecule has 20 nitrogen and oxygen atoms in total. The van der Waals surface area contributed by atoms with E-state index in [1.165, 1.54) is 33.7 Å². The molecule has 25 heteroatoms. The second kappa shape index (κ2) is 37.7. The van der Waals surface area contributed by atoms with Gasteiger partial charge in [-0.25, -0.2) is 21.8 Å². The second-order valence-electron chi connectivity index (χ2n) is 32.0. The number of unbranched alkanes of at least 4 members (excludes halogenated alkanes) is 3. The zero-order valence-corrected chi connectivity index (χ0v) is 68.4. The van der Waals surface area contributed by atoms with Crippen molar-refractivity contribution in [2.45, 2.75) is 158 Å². The minimum Gasteiger partial charge on any atom is -0.391 e. The maximum Gasteiger partial charge on any atom is 0.246 e. The molecule has 0 unspecified atom stereocenters. The molecule has 3 N–H and O–H groups in total. The first-order chi connectivity index (χ1) is 52.0. The number of anilines is 1. The molecule has 4 saturated heterocycles. The molecule has 0 saturated carbocycles. The lowest BCUT2D eigenvalue weighted by atomic mass is 9.71. The molecular formula is C84H110ClN9O11S4. The van der Waals surface area contributed by atoms with E-state index in [0.717, 1.165) is 161 Å². The summed E-state index contributed by atoms with van der Waals surface area (Å²) in [5.41, 5.74) is 9.86. The van der Waals surface area contributed by atoms with Gasteiger partial charge in [0.05, 0.1) is 51.2 Å². The van der Waals surface area contributed by atoms with Crippen LogP contribution in [-0.2, 0) is 50.0 Å². The summed E-state index contributed by atoms with van der Waals surface area (Å²) in [6.07, 6.45) is 8.06. The lowest BCUT2D eigenvalue weighted by Gasteiger charge is -2.44. The van der Waals surface area contributed by atoms with Crippen LogP contribution in [0.25, 0.3) is 16.0 Å². The molecule has 4 aliphatic heterocycles. The second-order valence-corrected chi connectivity index (χ2v) is 38.4. The number of carbonyl (C=O) groups is 5. The number of thiazole rings is 1. The monoisotopic (exact) mass is 1580 g/mol. The molecule has 5 aromatic carbocycles. The Bertz CT molecular complexity index is 4370. The number of amides is 4. The van der Waals surface area contributed by atoms with Crippen LogP contribution in [-0.4, -0.2) is 222 Å². The molecule has 5 aliphatic rings. The Labute approximate surface area is 659 Å². The molecular weight excluding hydrogens is 1470 g/mol. The van der Waals surface area contributed by atoms with E-state index in [0.29, 0.717) is 56.2 Å². The molecule has 6 aromatic rings. The number of likely N-dealkylation sites (tertiary alicyclic amines) is 1. The number of nitrogens with zero attached hydrogens (tertiary/aromatic N) is 7. The fraction of sp³-hybridized carbons (Fsp3) is 0.524. The number of benzene rings is 5. The summed E-state index contributed by atoms with van der Waals surface area (Å²) in [6, 6.07) is 35.5. The first-order valence-electron chi connectivity index (χ1n) is 38.7. The van der Waals surface area contributed by atoms with E-state index in [-0.39, 0.29) is 69.8 Å². The van der Waals surface area contributed by atoms with Crippen molar-refractivity contribution < 1.29 is 50.7 Å². The highest BCUT2D eigenvalue weighted by atomic mass is 35.5. The predicted octanol–water partition coefficient (Wildman–Crippen LogP) is 12.1. The number of β-amino-alcohol motifs (C(OH)–C–C–N with tert-alkyl or cyclic N) is 1. The van der Waals surface area contributed by atoms with Crippen molar-refractivity contribution in [2.24, 2.45) is 16.7 Å². The molecule has 0 bridgehead atoms. The number of carbonyl (C=O) groups excluding carboxylic acids is 5. The Balaban J connectivity index is 0.609. The van der Waals surface area contributed by atoms with Crippen LogP contribution in [0.5, 0.6) is 0 Å². The van der Waals surface area contributed by atoms with Gasteiger partial charge in [-0.15, -0.1) is 23.1 Å². The summed E-state index contributed by atoms with van der Waals surface area (Å²) < 4.78 is 60.4. The molecule has 1 aliphatic carbocycles. The Kier molecular flexibility index (Phi) is 28.7. The number of hydrogen-bond donors (Lipinski definition) is 3. The lowest BCUT2D eigenvalue weighted by molar-refractivity contribution is -0.144. The average molecular weight is 1590 g/mol. The Morgan fingerprint density at radius 3 is 2.11 bits per heavy atom. The van der Waals surface area contributed by atoms with Crippen LogP contribution in [0.1, 0.15) is 144 Å². The highest BCUT2D eigenvalue weighted by Crippen LogP contribution is 2.45. The van der Waals surface area contributed by atoms with E-state index in [9.17, 15) is 45.9 Å². The number of aromatic nitrogens is 1. The largest absolute Gasteiger partial charge is 0.391 e. The fourth-order valence-corrected chi connectivity index (χ4v) is 20.3. The summed E-state index contributed by atoms with van der Waals surface area (Å²) in [7, 11) is -8.07. The maximum absolute atomic E-state index is 14.3. The molecule has 4 amide bonds. The SMILES string of the molecule is Cc1ncsc1-c1ccc([C@H](C)NC(=O)[C@@H]2C[C@@H](O)CN2C(=O)[C@@H](NC(=O)CCCCCCC(=O)N2CCN(C[C@]3(C)CCC(c4ccc(Cl)cc4)=C(CN4CCN(c5ccc(C(=O)CS(=O)(=O)c6ccc(C[C@H](CCN7CCOCC7)CSc7ccccc7)c(S(C)(=O)=O)c6)cc5)CC4)C3)CC2)C(C)(C)C)cc1. The van der Waals surface area contributed by atoms with Crippen molar-refractivity contribution in [2.75, 3.05) is 128 Å². The molecule has 6 atom stereocenters. The number of piperazine rings is 2. The number of nitrogens with one attached hydrogen (secondary N) is 2. The smallest absolute Gasteiger partial charge is 0.246 e. The predicted molar refractivity (Wildman–Crippen MR) is 435 cm³/mol. The minimum atomic E-state index is -4.22. The number of ether oxygens (including phenoxy) is 1. The number of thioether (sulfide) groups is 1. The molecule has 588 valence electrons. The summed E-state index contributed by atoms with van der Waals surface area (Å²) >= 11 is 9.72. The number of rotatable bonds is 32. The number of hydrogen-bond acceptors (Lipinski definition) is 18. The van der Waals surface area contributed by atoms with Crippen molar-refractivity contribution in [3.63, 3.8) is 0 Å². The van der Waals surface area contributed by atoms with Gasteiger partial charge in [0.15, 0.2) is 25.5 Å². The minimum absolute atomic E-state index is 0.00695. The van der Waals surface area contributed by atoms with E-state index in [1.807, 2.05) is 112 Å². The molecule has 11 rings (SSSR count). The third-order valence-electron chi connectivity index (χ3n) is 22.3. The zero-order chi connectivity index (χ0) is 77.6. The first kappa shape index (κ1) is 83.1. The van der Waals surface area contributed by atoms with E-state index in [1.54, 1.807) is 41.3 Å². The Morgan fingerprint density at radius 1 is 0.780 bits per heavy atom. The highest BCUT2D eigenvalue weighted by Gasteiger charge is 2.45. The quantitative estimate of drug-likeness (QED) is 0.0202. The van der Waals surface area contributed by atoms with Crippen molar-refractivity contribution in [3.8, 4) is 10.4 Å². The van der Waals surface area contributed by atoms with Crippen LogP contribution in [0.3, 0.4) is 0 Å². The molecule has 1 aromatic heterocycles. The van der Waals surface area contributed by atoms with Crippen LogP contribution in [0.15, 0.2) is 147 Å². The van der Waals surface area contributed by atoms with Gasteiger partial charge in [-0.05, 0) is 171 Å². The fourth-order valence-electron chi connectivity index (χ4n) is 16.0. The summed E-state index contributed by atoms with van der Waals surface area (Å²) in [5, 5.41) is 17.5. The van der Waals surface area contributed by atoms with Crippen LogP contribution < -0.4 is 15.5 Å². The van der Waals surface area contributed by atoms with Crippen molar-refractivity contribution in [1.82, 2.24) is 40.1 Å². The highest BCUT2D eigenvalue weighted by molar-refractivity contribution is 7.99. The first-order valence-corrected chi connectivity index (χ1v) is 44.5. The van der Waals surface area contributed by atoms with Gasteiger partial charge >= 0.3 is 0 Å². The van der Waals surface area contributed by atoms with E-state index in [4.69, 9.17) is 16.3 Å². The van der Waals surface area contributed by atoms with Crippen LogP contribution >= 0.6 is 34.7 Å². The van der Waals surface area contributed by atoms with Gasteiger partial charge < -0.3 is 35.2 Å². The standard InChI is InChI=1S/C84H110ClN9O11S4/c1-59(62-19-21-65(22-20-62)79-60(2)86-58-107-79)87-81(99)74-50-70(95)54-94(74)82(100)80(83(3,4)5)88-77(97)17-13-8-9-14-18-78(98)93-43-39-91(40-44-93)57-84(6)35-33-73(63-23-28-68(85)29-24-63)67(52-84)53-90-37-41-92(42-38-90)69-30-25-64(26-31-69)75(96)56-109(103,104)72-32-27-66(76(51-72)108(7,101)102)49-61(34-36-89-45-47-105-48-46-89)55-106-71-15-11-10-12-16-71/h10-12,15-16,19-32,51,58-59,61,70,74,80,95H,8-9,13-14,17-18,33-50,52-57H2,1-7H3,(H,87,99)(H,88,97)/t59-,61-,70+,74-,80+,84+/m0/s1. The Morgan fingerprint density at radius 2 is 1.45 bits per heavy atom. The number of halogens is 1. The number of aliphatic hydroxyl groups excluding tert-OH is 1. The lowest BCUT2D eigenvalue weighted by Crippen LogP contribution is -2.57. The number of ketones is 1. The Hall–Kier alpha value is -6.84. The maximum atomic E-state index is 14.3. The molecule has 0 spiro atoms. The summed E-state index contributed by atoms with van der Waals surface area (Å²) in [4.78, 5) is 88.6. The van der Waals surface area contributed by atoms with Gasteiger partial charge in [0, 0.05) is 138 Å². The average Bonchev–Trinajstić information content (AvgIpc) is 1.73. The normalized spacial score (nSPS) is 20.2. The topological polar surface area (TPSA) is 239 Å². The van der Waals surface area contributed by atoms with Crippen LogP contribution in [0.4, 0.5) is 5.69 Å². The summed E-state index contributed by atoms with van der Waals surface area (Å²) in [6.45, 7) is 23.7. The zero-order valence-electron chi connectivity index (χ0n) is 64.4.